The second-order valence-electron chi connectivity index (χ2n) is 8.58. The number of Topliss-reactive ketones (excluding diaryl/α,β-unsaturated/α-hetero) is 1. The summed E-state index contributed by atoms with van der Waals surface area (Å²) < 4.78 is 0.911. The van der Waals surface area contributed by atoms with Gasteiger partial charge in [-0.05, 0) is 67.1 Å². The summed E-state index contributed by atoms with van der Waals surface area (Å²) in [6, 6.07) is 17.9. The summed E-state index contributed by atoms with van der Waals surface area (Å²) in [6.07, 6.45) is 5.84. The van der Waals surface area contributed by atoms with Crippen molar-refractivity contribution in [3.05, 3.63) is 94.8 Å². The number of hydrogen-bond donors (Lipinski definition) is 1. The number of para-hydroxylation sites is 1. The zero-order valence-corrected chi connectivity index (χ0v) is 19.1. The molecule has 1 amide bonds. The van der Waals surface area contributed by atoms with Gasteiger partial charge in [-0.2, -0.15) is 0 Å². The number of carbonyl (C=O) groups excluding carboxylic acids is 2. The number of aromatic nitrogens is 2. The van der Waals surface area contributed by atoms with Crippen molar-refractivity contribution in [2.75, 3.05) is 4.90 Å². The van der Waals surface area contributed by atoms with Gasteiger partial charge in [-0.25, -0.2) is 4.98 Å². The molecule has 0 spiro atoms. The van der Waals surface area contributed by atoms with E-state index in [0.29, 0.717) is 16.4 Å². The summed E-state index contributed by atoms with van der Waals surface area (Å²) >= 11 is 1.34. The number of ketones is 1. The van der Waals surface area contributed by atoms with Crippen LogP contribution in [-0.2, 0) is 22.4 Å². The zero-order valence-electron chi connectivity index (χ0n) is 18.3. The molecule has 6 rings (SSSR count). The van der Waals surface area contributed by atoms with E-state index in [0.717, 1.165) is 35.9 Å². The third-order valence-electron chi connectivity index (χ3n) is 6.52. The average Bonchev–Trinajstić information content (AvgIpc) is 3.42. The fraction of sp³-hybridized carbons (Fsp3) is 0.185. The van der Waals surface area contributed by atoms with E-state index in [9.17, 15) is 14.7 Å². The third kappa shape index (κ3) is 3.31. The number of thiazole rings is 1. The summed E-state index contributed by atoms with van der Waals surface area (Å²) in [5.74, 6) is -1.62. The number of pyridine rings is 1. The highest BCUT2D eigenvalue weighted by molar-refractivity contribution is 7.22. The molecule has 2 aromatic carbocycles. The van der Waals surface area contributed by atoms with Crippen molar-refractivity contribution in [2.24, 2.45) is 0 Å². The van der Waals surface area contributed by atoms with E-state index >= 15 is 0 Å². The van der Waals surface area contributed by atoms with Crippen LogP contribution in [0.1, 0.15) is 41.3 Å². The number of anilines is 1. The topological polar surface area (TPSA) is 83.4 Å². The molecule has 1 N–H and O–H groups in total. The Hall–Kier alpha value is -3.84. The number of carbonyl (C=O) groups is 2. The lowest BCUT2D eigenvalue weighted by atomic mass is 9.89. The molecule has 1 unspecified atom stereocenters. The van der Waals surface area contributed by atoms with Crippen LogP contribution in [0.2, 0.25) is 0 Å². The molecule has 7 heteroatoms. The second-order valence-corrected chi connectivity index (χ2v) is 9.59. The number of benzene rings is 2. The Labute approximate surface area is 200 Å². The van der Waals surface area contributed by atoms with Crippen molar-refractivity contribution < 1.29 is 14.7 Å². The van der Waals surface area contributed by atoms with Crippen LogP contribution in [0.5, 0.6) is 0 Å². The number of nitrogens with zero attached hydrogens (tertiary/aromatic N) is 3. The fourth-order valence-corrected chi connectivity index (χ4v) is 5.84. The van der Waals surface area contributed by atoms with E-state index in [2.05, 4.69) is 9.97 Å². The molecule has 1 aliphatic heterocycles. The van der Waals surface area contributed by atoms with Crippen LogP contribution in [0.25, 0.3) is 16.0 Å². The van der Waals surface area contributed by atoms with E-state index in [1.54, 1.807) is 24.4 Å². The zero-order chi connectivity index (χ0) is 23.2. The molecule has 3 heterocycles. The quantitative estimate of drug-likeness (QED) is 0.254. The van der Waals surface area contributed by atoms with Crippen molar-refractivity contribution in [1.82, 2.24) is 9.97 Å². The Balaban J connectivity index is 1.53. The first-order chi connectivity index (χ1) is 16.6. The number of aliphatic hydroxyl groups is 1. The van der Waals surface area contributed by atoms with Crippen molar-refractivity contribution in [3.8, 4) is 0 Å². The van der Waals surface area contributed by atoms with Crippen LogP contribution in [0.4, 0.5) is 5.13 Å². The fourth-order valence-electron chi connectivity index (χ4n) is 4.85. The lowest BCUT2D eigenvalue weighted by Crippen LogP contribution is -2.29. The molecule has 1 atom stereocenters. The number of rotatable bonds is 3. The standard InChI is InChI=1S/C27H21N3O3S/c31-24(18-13-12-16-7-1-2-8-17(16)15-18)22-23(20-10-5-6-14-28-20)30(26(33)25(22)32)27-29-19-9-3-4-11-21(19)34-27/h3-6,9-15,23,31H,1-2,7-8H2/b24-22+. The maximum Gasteiger partial charge on any atom is 0.301 e. The summed E-state index contributed by atoms with van der Waals surface area (Å²) in [5.41, 5.74) is 4.30. The molecule has 4 aromatic rings. The van der Waals surface area contributed by atoms with Crippen LogP contribution in [0.3, 0.4) is 0 Å². The van der Waals surface area contributed by atoms with Gasteiger partial charge in [0.15, 0.2) is 5.13 Å². The van der Waals surface area contributed by atoms with Gasteiger partial charge in [-0.1, -0.05) is 41.7 Å². The Bertz CT molecular complexity index is 1440. The van der Waals surface area contributed by atoms with Gasteiger partial charge in [0, 0.05) is 11.8 Å². The van der Waals surface area contributed by atoms with Gasteiger partial charge in [-0.15, -0.1) is 0 Å². The Kier molecular flexibility index (Phi) is 4.99. The van der Waals surface area contributed by atoms with Crippen LogP contribution < -0.4 is 4.90 Å². The van der Waals surface area contributed by atoms with Gasteiger partial charge < -0.3 is 5.11 Å². The largest absolute Gasteiger partial charge is 0.507 e. The highest BCUT2D eigenvalue weighted by atomic mass is 32.1. The molecule has 6 nitrogen and oxygen atoms in total. The van der Waals surface area contributed by atoms with Crippen molar-refractivity contribution in [1.29, 1.82) is 0 Å². The van der Waals surface area contributed by atoms with Gasteiger partial charge in [0.2, 0.25) is 0 Å². The molecular formula is C27H21N3O3S. The van der Waals surface area contributed by atoms with Gasteiger partial charge in [0.1, 0.15) is 11.8 Å². The average molecular weight is 468 g/mol. The molecule has 1 aliphatic carbocycles. The van der Waals surface area contributed by atoms with E-state index in [1.165, 1.54) is 27.4 Å². The number of hydrogen-bond acceptors (Lipinski definition) is 6. The lowest BCUT2D eigenvalue weighted by molar-refractivity contribution is -0.132. The van der Waals surface area contributed by atoms with Gasteiger partial charge in [0.05, 0.1) is 21.5 Å². The van der Waals surface area contributed by atoms with Crippen LogP contribution in [-0.4, -0.2) is 26.8 Å². The van der Waals surface area contributed by atoms with Crippen LogP contribution in [0.15, 0.2) is 72.4 Å². The minimum absolute atomic E-state index is 0.0405. The minimum atomic E-state index is -0.863. The van der Waals surface area contributed by atoms with Crippen LogP contribution in [0, 0.1) is 0 Å². The third-order valence-corrected chi connectivity index (χ3v) is 7.56. The molecular weight excluding hydrogens is 446 g/mol. The molecule has 1 fully saturated rings. The SMILES string of the molecule is O=C1C(=O)N(c2nc3ccccc3s2)C(c2ccccn2)/C1=C(\O)c1ccc2c(c1)CCCC2. The summed E-state index contributed by atoms with van der Waals surface area (Å²) in [4.78, 5) is 37.1. The van der Waals surface area contributed by atoms with E-state index in [1.807, 2.05) is 42.5 Å². The second kappa shape index (κ2) is 8.18. The van der Waals surface area contributed by atoms with Gasteiger partial charge >= 0.3 is 5.91 Å². The summed E-state index contributed by atoms with van der Waals surface area (Å²) in [7, 11) is 0. The van der Waals surface area contributed by atoms with Crippen molar-refractivity contribution in [3.63, 3.8) is 0 Å². The predicted molar refractivity (Wildman–Crippen MR) is 132 cm³/mol. The Morgan fingerprint density at radius 1 is 0.971 bits per heavy atom. The molecule has 2 aromatic heterocycles. The number of aliphatic hydroxyl groups excluding tert-OH is 1. The first-order valence-corrected chi connectivity index (χ1v) is 12.1. The maximum atomic E-state index is 13.3. The van der Waals surface area contributed by atoms with Crippen molar-refractivity contribution >= 4 is 44.1 Å². The predicted octanol–water partition coefficient (Wildman–Crippen LogP) is 5.20. The first kappa shape index (κ1) is 20.7. The molecule has 0 bridgehead atoms. The molecule has 2 aliphatic rings. The number of fused-ring (bicyclic) bond motifs is 2. The summed E-state index contributed by atoms with van der Waals surface area (Å²) in [6.45, 7) is 0. The molecule has 0 saturated carbocycles. The maximum absolute atomic E-state index is 13.3. The normalized spacial score (nSPS) is 19.5. The molecule has 34 heavy (non-hydrogen) atoms. The highest BCUT2D eigenvalue weighted by Crippen LogP contribution is 2.43. The molecule has 168 valence electrons. The Morgan fingerprint density at radius 2 is 1.76 bits per heavy atom. The van der Waals surface area contributed by atoms with E-state index in [4.69, 9.17) is 0 Å². The Morgan fingerprint density at radius 3 is 2.56 bits per heavy atom. The van der Waals surface area contributed by atoms with Crippen LogP contribution >= 0.6 is 11.3 Å². The van der Waals surface area contributed by atoms with E-state index in [-0.39, 0.29) is 11.3 Å². The molecule has 1 saturated heterocycles. The number of amides is 1. The number of aryl methyl sites for hydroxylation is 2. The molecule has 0 radical (unpaired) electrons. The first-order valence-electron chi connectivity index (χ1n) is 11.3. The lowest BCUT2D eigenvalue weighted by Gasteiger charge is -2.22. The van der Waals surface area contributed by atoms with Gasteiger partial charge in [-0.3, -0.25) is 19.5 Å². The minimum Gasteiger partial charge on any atom is -0.507 e. The van der Waals surface area contributed by atoms with E-state index < -0.39 is 17.7 Å². The monoisotopic (exact) mass is 467 g/mol. The summed E-state index contributed by atoms with van der Waals surface area (Å²) in [5, 5.41) is 11.8. The van der Waals surface area contributed by atoms with Crippen molar-refractivity contribution in [2.45, 2.75) is 31.7 Å². The highest BCUT2D eigenvalue weighted by Gasteiger charge is 2.48. The smallest absolute Gasteiger partial charge is 0.301 e. The van der Waals surface area contributed by atoms with Gasteiger partial charge in [0.25, 0.3) is 5.78 Å².